The monoisotopic (exact) mass is 263 g/mol. The summed E-state index contributed by atoms with van der Waals surface area (Å²) < 4.78 is 0. The molecule has 0 saturated heterocycles. The summed E-state index contributed by atoms with van der Waals surface area (Å²) in [6.45, 7) is 0. The summed E-state index contributed by atoms with van der Waals surface area (Å²) in [6, 6.07) is 13.6. The Morgan fingerprint density at radius 2 is 1.90 bits per heavy atom. The number of nitrogens with zero attached hydrogens (tertiary/aromatic N) is 3. The van der Waals surface area contributed by atoms with Crippen molar-refractivity contribution < 1.29 is 4.79 Å². The number of rotatable bonds is 2. The van der Waals surface area contributed by atoms with E-state index in [-0.39, 0.29) is 0 Å². The van der Waals surface area contributed by atoms with Crippen LogP contribution in [0.5, 0.6) is 0 Å². The molecule has 1 aliphatic rings. The lowest BCUT2D eigenvalue weighted by molar-refractivity contribution is -0.105. The molecule has 4 nitrogen and oxygen atoms in total. The molecule has 0 atom stereocenters. The van der Waals surface area contributed by atoms with Gasteiger partial charge in [0.15, 0.2) is 6.29 Å². The second-order valence-electron chi connectivity index (χ2n) is 4.44. The predicted octanol–water partition coefficient (Wildman–Crippen LogP) is 2.41. The standard InChI is InChI=1S/C16H13N3O/c1-19-12(11-20)10-18-16(14-7-4-5-9-17-14)13-6-2-3-8-15(13)19/h2-11H,1H3. The minimum absolute atomic E-state index is 0.517. The van der Waals surface area contributed by atoms with Crippen molar-refractivity contribution in [1.82, 2.24) is 4.98 Å². The van der Waals surface area contributed by atoms with Gasteiger partial charge in [0.2, 0.25) is 0 Å². The summed E-state index contributed by atoms with van der Waals surface area (Å²) in [5, 5.41) is 0. The van der Waals surface area contributed by atoms with Gasteiger partial charge in [-0.25, -0.2) is 0 Å². The maximum Gasteiger partial charge on any atom is 0.168 e. The zero-order valence-corrected chi connectivity index (χ0v) is 11.0. The number of pyridine rings is 1. The first kappa shape index (κ1) is 12.3. The average molecular weight is 263 g/mol. The van der Waals surface area contributed by atoms with E-state index in [9.17, 15) is 4.79 Å². The molecule has 2 heterocycles. The molecule has 0 bridgehead atoms. The van der Waals surface area contributed by atoms with Crippen molar-refractivity contribution >= 4 is 17.7 Å². The highest BCUT2D eigenvalue weighted by molar-refractivity contribution is 6.16. The lowest BCUT2D eigenvalue weighted by atomic mass is 10.0. The third-order valence-corrected chi connectivity index (χ3v) is 3.26. The highest BCUT2D eigenvalue weighted by Gasteiger charge is 2.19. The molecule has 1 aromatic carbocycles. The summed E-state index contributed by atoms with van der Waals surface area (Å²) in [5.41, 5.74) is 3.97. The van der Waals surface area contributed by atoms with Gasteiger partial charge in [-0.2, -0.15) is 0 Å². The van der Waals surface area contributed by atoms with Gasteiger partial charge < -0.3 is 4.90 Å². The fourth-order valence-electron chi connectivity index (χ4n) is 2.21. The fourth-order valence-corrected chi connectivity index (χ4v) is 2.21. The number of para-hydroxylation sites is 1. The lowest BCUT2D eigenvalue weighted by Gasteiger charge is -2.20. The first-order valence-corrected chi connectivity index (χ1v) is 6.29. The van der Waals surface area contributed by atoms with Crippen molar-refractivity contribution in [1.29, 1.82) is 0 Å². The van der Waals surface area contributed by atoms with Crippen molar-refractivity contribution in [3.05, 3.63) is 71.8 Å². The Kier molecular flexibility index (Phi) is 3.13. The maximum atomic E-state index is 11.2. The summed E-state index contributed by atoms with van der Waals surface area (Å²) >= 11 is 0. The van der Waals surface area contributed by atoms with Crippen molar-refractivity contribution in [3.8, 4) is 0 Å². The maximum absolute atomic E-state index is 11.2. The third-order valence-electron chi connectivity index (χ3n) is 3.26. The molecular formula is C16H13N3O. The smallest absolute Gasteiger partial charge is 0.168 e. The van der Waals surface area contributed by atoms with E-state index in [1.807, 2.05) is 54.4 Å². The molecule has 0 unspecified atom stereocenters. The van der Waals surface area contributed by atoms with E-state index in [0.717, 1.165) is 28.9 Å². The minimum atomic E-state index is 0.517. The van der Waals surface area contributed by atoms with Crippen LogP contribution in [0.1, 0.15) is 11.3 Å². The molecular weight excluding hydrogens is 250 g/mol. The van der Waals surface area contributed by atoms with Crippen LogP contribution in [0.15, 0.2) is 65.6 Å². The van der Waals surface area contributed by atoms with Crippen LogP contribution in [-0.4, -0.2) is 24.0 Å². The van der Waals surface area contributed by atoms with Crippen molar-refractivity contribution in [3.63, 3.8) is 0 Å². The van der Waals surface area contributed by atoms with E-state index >= 15 is 0 Å². The SMILES string of the molecule is CN1C(C=O)=CN=C(c2ccccn2)c2ccccc21. The van der Waals surface area contributed by atoms with E-state index in [2.05, 4.69) is 9.98 Å². The molecule has 20 heavy (non-hydrogen) atoms. The Bertz CT molecular complexity index is 705. The number of carbonyl (C=O) groups excluding carboxylic acids is 1. The van der Waals surface area contributed by atoms with Gasteiger partial charge in [0, 0.05) is 18.8 Å². The Labute approximate surface area is 117 Å². The first-order chi connectivity index (χ1) is 9.81. The average Bonchev–Trinajstić information content (AvgIpc) is 2.65. The molecule has 0 radical (unpaired) electrons. The quantitative estimate of drug-likeness (QED) is 0.782. The number of aliphatic imine (C=N–C) groups is 1. The van der Waals surface area contributed by atoms with Gasteiger partial charge in [-0.1, -0.05) is 24.3 Å². The van der Waals surface area contributed by atoms with Crippen LogP contribution >= 0.6 is 0 Å². The molecule has 0 spiro atoms. The number of aldehydes is 1. The number of anilines is 1. The van der Waals surface area contributed by atoms with Crippen molar-refractivity contribution in [2.45, 2.75) is 0 Å². The molecule has 0 aliphatic carbocycles. The summed E-state index contributed by atoms with van der Waals surface area (Å²) in [4.78, 5) is 21.8. The molecule has 0 fully saturated rings. The second-order valence-corrected chi connectivity index (χ2v) is 4.44. The number of hydrogen-bond donors (Lipinski definition) is 0. The number of fused-ring (bicyclic) bond motifs is 1. The number of benzene rings is 1. The molecule has 0 saturated carbocycles. The molecule has 2 aromatic rings. The van der Waals surface area contributed by atoms with Crippen LogP contribution in [0, 0.1) is 0 Å². The molecule has 0 N–H and O–H groups in total. The van der Waals surface area contributed by atoms with Crippen LogP contribution < -0.4 is 4.90 Å². The van der Waals surface area contributed by atoms with Gasteiger partial charge in [-0.15, -0.1) is 0 Å². The van der Waals surface area contributed by atoms with Gasteiger partial charge in [0.1, 0.15) is 0 Å². The lowest BCUT2D eigenvalue weighted by Crippen LogP contribution is -2.18. The van der Waals surface area contributed by atoms with Crippen molar-refractivity contribution in [2.24, 2.45) is 4.99 Å². The van der Waals surface area contributed by atoms with E-state index in [1.54, 1.807) is 12.4 Å². The first-order valence-electron chi connectivity index (χ1n) is 6.29. The predicted molar refractivity (Wildman–Crippen MR) is 78.9 cm³/mol. The molecule has 1 aromatic heterocycles. The van der Waals surface area contributed by atoms with Crippen LogP contribution in [0.2, 0.25) is 0 Å². The highest BCUT2D eigenvalue weighted by Crippen LogP contribution is 2.27. The summed E-state index contributed by atoms with van der Waals surface area (Å²) in [6.07, 6.45) is 4.12. The zero-order valence-electron chi connectivity index (χ0n) is 11.0. The van der Waals surface area contributed by atoms with E-state index in [0.29, 0.717) is 5.70 Å². The Morgan fingerprint density at radius 1 is 1.10 bits per heavy atom. The number of hydrogen-bond acceptors (Lipinski definition) is 4. The van der Waals surface area contributed by atoms with Gasteiger partial charge in [-0.3, -0.25) is 14.8 Å². The summed E-state index contributed by atoms with van der Waals surface area (Å²) in [5.74, 6) is 0. The van der Waals surface area contributed by atoms with Crippen LogP contribution in [0.4, 0.5) is 5.69 Å². The number of likely N-dealkylation sites (N-methyl/N-ethyl adjacent to an activating group) is 1. The van der Waals surface area contributed by atoms with Gasteiger partial charge in [-0.05, 0) is 18.2 Å². The Morgan fingerprint density at radius 3 is 2.65 bits per heavy atom. The van der Waals surface area contributed by atoms with Gasteiger partial charge in [0.05, 0.1) is 29.0 Å². The molecule has 0 amide bonds. The van der Waals surface area contributed by atoms with Crippen LogP contribution in [0.3, 0.4) is 0 Å². The molecule has 98 valence electrons. The second kappa shape index (κ2) is 5.09. The Hall–Kier alpha value is -2.75. The summed E-state index contributed by atoms with van der Waals surface area (Å²) in [7, 11) is 1.86. The minimum Gasteiger partial charge on any atom is -0.340 e. The number of carbonyl (C=O) groups is 1. The third kappa shape index (κ3) is 2.01. The van der Waals surface area contributed by atoms with E-state index in [4.69, 9.17) is 0 Å². The van der Waals surface area contributed by atoms with Gasteiger partial charge in [0.25, 0.3) is 0 Å². The van der Waals surface area contributed by atoms with Gasteiger partial charge >= 0.3 is 0 Å². The van der Waals surface area contributed by atoms with Crippen molar-refractivity contribution in [2.75, 3.05) is 11.9 Å². The highest BCUT2D eigenvalue weighted by atomic mass is 16.1. The van der Waals surface area contributed by atoms with Crippen LogP contribution in [-0.2, 0) is 4.79 Å². The normalized spacial score (nSPS) is 13.9. The number of allylic oxidation sites excluding steroid dienone is 1. The molecule has 1 aliphatic heterocycles. The van der Waals surface area contributed by atoms with Crippen LogP contribution in [0.25, 0.3) is 0 Å². The topological polar surface area (TPSA) is 45.6 Å². The fraction of sp³-hybridized carbons (Fsp3) is 0.0625. The number of aromatic nitrogens is 1. The largest absolute Gasteiger partial charge is 0.340 e. The molecule has 3 rings (SSSR count). The molecule has 4 heteroatoms. The van der Waals surface area contributed by atoms with E-state index in [1.165, 1.54) is 0 Å². The Balaban J connectivity index is 2.24. The van der Waals surface area contributed by atoms with E-state index < -0.39 is 0 Å². The zero-order chi connectivity index (χ0) is 13.9.